The summed E-state index contributed by atoms with van der Waals surface area (Å²) in [5, 5.41) is 8.79. The Morgan fingerprint density at radius 1 is 1.44 bits per heavy atom. The monoisotopic (exact) mass is 268 g/mol. The molecule has 0 aliphatic carbocycles. The highest BCUT2D eigenvalue weighted by molar-refractivity contribution is 7.84. The largest absolute Gasteiger partial charge is 0.242 e. The van der Waals surface area contributed by atoms with E-state index in [0.29, 0.717) is 11.1 Å². The molecule has 5 heteroatoms. The normalized spacial score (nSPS) is 14.9. The van der Waals surface area contributed by atoms with Gasteiger partial charge < -0.3 is 0 Å². The summed E-state index contributed by atoms with van der Waals surface area (Å²) in [5.74, 6) is -0.403. The van der Waals surface area contributed by atoms with Crippen LogP contribution in [-0.4, -0.2) is 8.96 Å². The highest BCUT2D eigenvalue weighted by atomic mass is 32.2. The lowest BCUT2D eigenvalue weighted by atomic mass is 10.1. The average molecular weight is 268 g/mol. The van der Waals surface area contributed by atoms with Gasteiger partial charge in [0.15, 0.2) is 0 Å². The molecular formula is C13H17FN2OS. The van der Waals surface area contributed by atoms with Gasteiger partial charge in [0.05, 0.1) is 27.4 Å². The van der Waals surface area contributed by atoms with Crippen LogP contribution in [-0.2, 0) is 11.0 Å². The predicted octanol–water partition coefficient (Wildman–Crippen LogP) is 2.81. The molecule has 1 rings (SSSR count). The van der Waals surface area contributed by atoms with Crippen molar-refractivity contribution in [2.45, 2.75) is 38.5 Å². The molecule has 1 N–H and O–H groups in total. The van der Waals surface area contributed by atoms with E-state index in [0.717, 1.165) is 0 Å². The second-order valence-corrected chi connectivity index (χ2v) is 7.07. The first-order valence-electron chi connectivity index (χ1n) is 5.63. The number of rotatable bonds is 3. The van der Waals surface area contributed by atoms with Gasteiger partial charge in [0, 0.05) is 11.6 Å². The second-order valence-electron chi connectivity index (χ2n) is 5.07. The van der Waals surface area contributed by atoms with Crippen molar-refractivity contribution in [2.24, 2.45) is 0 Å². The minimum Gasteiger partial charge on any atom is -0.242 e. The van der Waals surface area contributed by atoms with Crippen molar-refractivity contribution in [1.29, 1.82) is 5.26 Å². The van der Waals surface area contributed by atoms with Gasteiger partial charge in [0.25, 0.3) is 0 Å². The lowest BCUT2D eigenvalue weighted by Gasteiger charge is -2.22. The van der Waals surface area contributed by atoms with Gasteiger partial charge in [-0.05, 0) is 45.9 Å². The van der Waals surface area contributed by atoms with Gasteiger partial charge in [-0.25, -0.2) is 13.3 Å². The van der Waals surface area contributed by atoms with E-state index in [-0.39, 0.29) is 0 Å². The molecule has 0 aromatic heterocycles. The number of nitrogens with zero attached hydrogens (tertiary/aromatic N) is 1. The SMILES string of the molecule is C[C@H](NS(=O)C(C)(C)C)c1cc(C#N)ccc1F. The summed E-state index contributed by atoms with van der Waals surface area (Å²) in [4.78, 5) is 0. The van der Waals surface area contributed by atoms with E-state index in [1.165, 1.54) is 18.2 Å². The molecule has 0 heterocycles. The molecule has 1 aromatic rings. The molecule has 0 saturated heterocycles. The van der Waals surface area contributed by atoms with Crippen LogP contribution < -0.4 is 4.72 Å². The Bertz CT molecular complexity index is 503. The molecule has 0 fully saturated rings. The van der Waals surface area contributed by atoms with E-state index in [2.05, 4.69) is 4.72 Å². The number of halogens is 1. The topological polar surface area (TPSA) is 52.9 Å². The van der Waals surface area contributed by atoms with Crippen molar-refractivity contribution in [3.63, 3.8) is 0 Å². The van der Waals surface area contributed by atoms with Crippen LogP contribution >= 0.6 is 0 Å². The van der Waals surface area contributed by atoms with Crippen LogP contribution in [0.4, 0.5) is 4.39 Å². The molecule has 2 atom stereocenters. The van der Waals surface area contributed by atoms with E-state index >= 15 is 0 Å². The standard InChI is InChI=1S/C13H17FN2OS/c1-9(16-18(17)13(2,3)4)11-7-10(8-15)5-6-12(11)14/h5-7,9,16H,1-4H3/t9-,18?/m0/s1. The van der Waals surface area contributed by atoms with Crippen molar-refractivity contribution >= 4 is 11.0 Å². The van der Waals surface area contributed by atoms with Gasteiger partial charge in [-0.1, -0.05) is 0 Å². The number of nitriles is 1. The van der Waals surface area contributed by atoms with E-state index in [4.69, 9.17) is 5.26 Å². The maximum atomic E-state index is 13.7. The third-order valence-corrected chi connectivity index (χ3v) is 4.11. The smallest absolute Gasteiger partial charge is 0.128 e. The van der Waals surface area contributed by atoms with Crippen molar-refractivity contribution < 1.29 is 8.60 Å². The van der Waals surface area contributed by atoms with Crippen molar-refractivity contribution in [3.8, 4) is 6.07 Å². The number of benzene rings is 1. The average Bonchev–Trinajstić information content (AvgIpc) is 2.28. The van der Waals surface area contributed by atoms with Crippen LogP contribution in [0, 0.1) is 17.1 Å². The number of hydrogen-bond donors (Lipinski definition) is 1. The Morgan fingerprint density at radius 2 is 2.06 bits per heavy atom. The van der Waals surface area contributed by atoms with Gasteiger partial charge in [0.1, 0.15) is 5.82 Å². The van der Waals surface area contributed by atoms with Gasteiger partial charge >= 0.3 is 0 Å². The zero-order valence-corrected chi connectivity index (χ0v) is 11.8. The summed E-state index contributed by atoms with van der Waals surface area (Å²) in [6.07, 6.45) is 0. The number of nitrogens with one attached hydrogen (secondary N) is 1. The Hall–Kier alpha value is -1.25. The molecule has 0 bridgehead atoms. The summed E-state index contributed by atoms with van der Waals surface area (Å²) in [5.41, 5.74) is 0.744. The molecule has 1 unspecified atom stereocenters. The summed E-state index contributed by atoms with van der Waals surface area (Å²) < 4.78 is 28.0. The third-order valence-electron chi connectivity index (χ3n) is 2.43. The lowest BCUT2D eigenvalue weighted by Crippen LogP contribution is -2.35. The van der Waals surface area contributed by atoms with E-state index in [1.807, 2.05) is 26.8 Å². The van der Waals surface area contributed by atoms with Gasteiger partial charge in [-0.2, -0.15) is 5.26 Å². The molecule has 0 saturated carbocycles. The van der Waals surface area contributed by atoms with Crippen LogP contribution in [0.2, 0.25) is 0 Å². The zero-order chi connectivity index (χ0) is 13.9. The molecule has 3 nitrogen and oxygen atoms in total. The van der Waals surface area contributed by atoms with Gasteiger partial charge in [-0.3, -0.25) is 0 Å². The van der Waals surface area contributed by atoms with Crippen molar-refractivity contribution in [3.05, 3.63) is 35.1 Å². The summed E-state index contributed by atoms with van der Waals surface area (Å²) in [6, 6.07) is 5.70. The zero-order valence-electron chi connectivity index (χ0n) is 11.0. The molecule has 0 amide bonds. The molecule has 1 aromatic carbocycles. The fraction of sp³-hybridized carbons (Fsp3) is 0.462. The van der Waals surface area contributed by atoms with E-state index in [1.54, 1.807) is 6.92 Å². The first-order valence-corrected chi connectivity index (χ1v) is 6.78. The predicted molar refractivity (Wildman–Crippen MR) is 70.6 cm³/mol. The summed E-state index contributed by atoms with van der Waals surface area (Å²) >= 11 is 0. The Morgan fingerprint density at radius 3 is 2.56 bits per heavy atom. The summed E-state index contributed by atoms with van der Waals surface area (Å²) in [6.45, 7) is 7.24. The second kappa shape index (κ2) is 5.59. The first-order chi connectivity index (χ1) is 8.25. The first kappa shape index (κ1) is 14.8. The van der Waals surface area contributed by atoms with Crippen molar-refractivity contribution in [1.82, 2.24) is 4.72 Å². The maximum absolute atomic E-state index is 13.7. The number of hydrogen-bond acceptors (Lipinski definition) is 2. The molecule has 0 spiro atoms. The fourth-order valence-corrected chi connectivity index (χ4v) is 2.15. The van der Waals surface area contributed by atoms with Crippen LogP contribution in [0.5, 0.6) is 0 Å². The van der Waals surface area contributed by atoms with Crippen LogP contribution in [0.25, 0.3) is 0 Å². The van der Waals surface area contributed by atoms with Gasteiger partial charge in [-0.15, -0.1) is 0 Å². The molecule has 98 valence electrons. The Labute approximate surface area is 110 Å². The van der Waals surface area contributed by atoms with Crippen LogP contribution in [0.3, 0.4) is 0 Å². The quantitative estimate of drug-likeness (QED) is 0.916. The highest BCUT2D eigenvalue weighted by Crippen LogP contribution is 2.20. The minimum absolute atomic E-state index is 0.353. The molecule has 0 aliphatic heterocycles. The third kappa shape index (κ3) is 3.62. The van der Waals surface area contributed by atoms with E-state index < -0.39 is 27.6 Å². The minimum atomic E-state index is -1.28. The molecule has 0 radical (unpaired) electrons. The van der Waals surface area contributed by atoms with Crippen LogP contribution in [0.15, 0.2) is 18.2 Å². The van der Waals surface area contributed by atoms with Crippen LogP contribution in [0.1, 0.15) is 44.9 Å². The molecule has 0 aliphatic rings. The van der Waals surface area contributed by atoms with Gasteiger partial charge in [0.2, 0.25) is 0 Å². The Kier molecular flexibility index (Phi) is 4.60. The van der Waals surface area contributed by atoms with E-state index in [9.17, 15) is 8.60 Å². The van der Waals surface area contributed by atoms with Crippen molar-refractivity contribution in [2.75, 3.05) is 0 Å². The fourth-order valence-electron chi connectivity index (χ4n) is 1.35. The summed E-state index contributed by atoms with van der Waals surface area (Å²) in [7, 11) is -1.28. The lowest BCUT2D eigenvalue weighted by molar-refractivity contribution is 0.571. The Balaban J connectivity index is 2.95. The molecular weight excluding hydrogens is 251 g/mol. The molecule has 18 heavy (non-hydrogen) atoms. The highest BCUT2D eigenvalue weighted by Gasteiger charge is 2.22. The maximum Gasteiger partial charge on any atom is 0.128 e.